The van der Waals surface area contributed by atoms with Gasteiger partial charge in [0.1, 0.15) is 6.33 Å². The van der Waals surface area contributed by atoms with Crippen LogP contribution in [0.2, 0.25) is 0 Å². The summed E-state index contributed by atoms with van der Waals surface area (Å²) in [6.45, 7) is -0.00608. The zero-order valence-corrected chi connectivity index (χ0v) is 8.04. The summed E-state index contributed by atoms with van der Waals surface area (Å²) < 4.78 is 6.90. The van der Waals surface area contributed by atoms with Gasteiger partial charge in [0.2, 0.25) is 5.82 Å². The van der Waals surface area contributed by atoms with Crippen molar-refractivity contribution >= 4 is 5.91 Å². The second-order valence-corrected chi connectivity index (χ2v) is 3.39. The van der Waals surface area contributed by atoms with E-state index in [0.29, 0.717) is 0 Å². The van der Waals surface area contributed by atoms with Gasteiger partial charge in [0, 0.05) is 0 Å². The Labute approximate surface area is 85.9 Å². The Morgan fingerprint density at radius 3 is 3.07 bits per heavy atom. The lowest BCUT2D eigenvalue weighted by atomic mass is 10.2. The van der Waals surface area contributed by atoms with Gasteiger partial charge in [0.05, 0.1) is 12.7 Å². The zero-order valence-electron chi connectivity index (χ0n) is 8.04. The highest BCUT2D eigenvalue weighted by atomic mass is 16.5. The minimum atomic E-state index is -0.662. The van der Waals surface area contributed by atoms with Crippen LogP contribution in [0.1, 0.15) is 29.7 Å². The quantitative estimate of drug-likeness (QED) is 0.672. The molecule has 0 bridgehead atoms. The fourth-order valence-corrected chi connectivity index (χ4v) is 1.54. The van der Waals surface area contributed by atoms with E-state index in [1.807, 2.05) is 0 Å². The smallest absolute Gasteiger partial charge is 0.288 e. The molecule has 7 heteroatoms. The lowest BCUT2D eigenvalue weighted by Crippen LogP contribution is -2.16. The molecule has 0 radical (unpaired) electrons. The van der Waals surface area contributed by atoms with Crippen LogP contribution in [-0.4, -0.2) is 38.5 Å². The third-order valence-corrected chi connectivity index (χ3v) is 2.31. The molecule has 2 heterocycles. The topological polar surface area (TPSA) is 103 Å². The summed E-state index contributed by atoms with van der Waals surface area (Å²) >= 11 is 0. The van der Waals surface area contributed by atoms with Gasteiger partial charge in [-0.2, -0.15) is 0 Å². The lowest BCUT2D eigenvalue weighted by Gasteiger charge is -2.11. The Balaban J connectivity index is 2.07. The number of carbonyl (C=O) groups is 1. The molecule has 3 N–H and O–H groups in total. The largest absolute Gasteiger partial charge is 0.394 e. The number of hydrogen-bond acceptors (Lipinski definition) is 5. The van der Waals surface area contributed by atoms with Gasteiger partial charge in [-0.15, -0.1) is 5.10 Å². The molecule has 1 aliphatic heterocycles. The number of rotatable bonds is 3. The summed E-state index contributed by atoms with van der Waals surface area (Å²) in [7, 11) is 0. The van der Waals surface area contributed by atoms with Crippen LogP contribution in [0.25, 0.3) is 0 Å². The van der Waals surface area contributed by atoms with Crippen LogP contribution in [0.4, 0.5) is 0 Å². The second-order valence-electron chi connectivity index (χ2n) is 3.39. The molecular weight excluding hydrogens is 200 g/mol. The molecule has 1 aliphatic rings. The molecule has 0 aliphatic carbocycles. The van der Waals surface area contributed by atoms with Gasteiger partial charge in [-0.05, 0) is 12.8 Å². The third kappa shape index (κ3) is 1.97. The molecule has 15 heavy (non-hydrogen) atoms. The Kier molecular flexibility index (Phi) is 2.65. The first kappa shape index (κ1) is 10.1. The van der Waals surface area contributed by atoms with Crippen LogP contribution in [0.5, 0.6) is 0 Å². The van der Waals surface area contributed by atoms with Crippen LogP contribution >= 0.6 is 0 Å². The molecule has 82 valence electrons. The number of aromatic nitrogens is 3. The normalized spacial score (nSPS) is 25.7. The number of primary amides is 1. The number of carbonyl (C=O) groups excluding carboxylic acids is 1. The molecule has 0 saturated carbocycles. The van der Waals surface area contributed by atoms with Gasteiger partial charge < -0.3 is 15.6 Å². The number of amides is 1. The average Bonchev–Trinajstić information content (AvgIpc) is 2.86. The van der Waals surface area contributed by atoms with E-state index >= 15 is 0 Å². The summed E-state index contributed by atoms with van der Waals surface area (Å²) in [4.78, 5) is 14.5. The van der Waals surface area contributed by atoms with Crippen molar-refractivity contribution in [3.63, 3.8) is 0 Å². The molecular formula is C8H12N4O3. The van der Waals surface area contributed by atoms with Crippen molar-refractivity contribution < 1.29 is 14.6 Å². The van der Waals surface area contributed by atoms with E-state index in [-0.39, 0.29) is 24.8 Å². The minimum absolute atomic E-state index is 0.00608. The predicted molar refractivity (Wildman–Crippen MR) is 48.8 cm³/mol. The maximum atomic E-state index is 10.8. The first-order valence-corrected chi connectivity index (χ1v) is 4.68. The Bertz CT molecular complexity index is 365. The van der Waals surface area contributed by atoms with Gasteiger partial charge in [0.25, 0.3) is 5.91 Å². The van der Waals surface area contributed by atoms with Crippen molar-refractivity contribution in [1.29, 1.82) is 0 Å². The minimum Gasteiger partial charge on any atom is -0.394 e. The molecule has 1 fully saturated rings. The number of nitrogens with zero attached hydrogens (tertiary/aromatic N) is 3. The Morgan fingerprint density at radius 2 is 2.53 bits per heavy atom. The van der Waals surface area contributed by atoms with Gasteiger partial charge in [0.15, 0.2) is 6.23 Å². The van der Waals surface area contributed by atoms with Crippen molar-refractivity contribution in [2.75, 3.05) is 6.61 Å². The fourth-order valence-electron chi connectivity index (χ4n) is 1.54. The maximum absolute atomic E-state index is 10.8. The number of ether oxygens (including phenoxy) is 1. The average molecular weight is 212 g/mol. The van der Waals surface area contributed by atoms with E-state index < -0.39 is 5.91 Å². The Morgan fingerprint density at radius 1 is 1.73 bits per heavy atom. The van der Waals surface area contributed by atoms with Crippen LogP contribution in [0.15, 0.2) is 6.33 Å². The molecule has 1 aromatic heterocycles. The molecule has 7 nitrogen and oxygen atoms in total. The van der Waals surface area contributed by atoms with E-state index in [0.717, 1.165) is 12.8 Å². The van der Waals surface area contributed by atoms with Gasteiger partial charge >= 0.3 is 0 Å². The summed E-state index contributed by atoms with van der Waals surface area (Å²) in [5.41, 5.74) is 5.02. The van der Waals surface area contributed by atoms with E-state index in [2.05, 4.69) is 10.1 Å². The highest BCUT2D eigenvalue weighted by Gasteiger charge is 2.27. The van der Waals surface area contributed by atoms with Crippen LogP contribution in [0, 0.1) is 0 Å². The van der Waals surface area contributed by atoms with Gasteiger partial charge in [-0.25, -0.2) is 9.67 Å². The zero-order chi connectivity index (χ0) is 10.8. The molecule has 0 spiro atoms. The van der Waals surface area contributed by atoms with Crippen LogP contribution < -0.4 is 5.73 Å². The Hall–Kier alpha value is -1.47. The van der Waals surface area contributed by atoms with Crippen LogP contribution in [-0.2, 0) is 4.74 Å². The van der Waals surface area contributed by atoms with Crippen molar-refractivity contribution in [3.8, 4) is 0 Å². The molecule has 2 atom stereocenters. The predicted octanol–water partition coefficient (Wildman–Crippen LogP) is -0.953. The van der Waals surface area contributed by atoms with E-state index in [1.54, 1.807) is 0 Å². The molecule has 1 amide bonds. The molecule has 0 aromatic carbocycles. The third-order valence-electron chi connectivity index (χ3n) is 2.31. The highest BCUT2D eigenvalue weighted by molar-refractivity contribution is 5.88. The van der Waals surface area contributed by atoms with Gasteiger partial charge in [-0.3, -0.25) is 4.79 Å². The number of aliphatic hydroxyl groups excluding tert-OH is 1. The molecule has 1 saturated heterocycles. The summed E-state index contributed by atoms with van der Waals surface area (Å²) in [6, 6.07) is 0. The number of nitrogens with two attached hydrogens (primary N) is 1. The number of aliphatic hydroxyl groups is 1. The van der Waals surface area contributed by atoms with Crippen molar-refractivity contribution in [1.82, 2.24) is 14.8 Å². The van der Waals surface area contributed by atoms with E-state index in [4.69, 9.17) is 15.6 Å². The SMILES string of the molecule is NC(=O)c1ncn([C@H]2CCC(CO)O2)n1. The molecule has 2 rings (SSSR count). The van der Waals surface area contributed by atoms with E-state index in [9.17, 15) is 4.79 Å². The summed E-state index contributed by atoms with van der Waals surface area (Å²) in [5.74, 6) is -0.684. The fraction of sp³-hybridized carbons (Fsp3) is 0.625. The standard InChI is InChI=1S/C8H12N4O3/c9-7(14)8-10-4-12(11-8)6-2-1-5(3-13)15-6/h4-6,13H,1-3H2,(H2,9,14)/t5?,6-/m1/s1. The summed E-state index contributed by atoms with van der Waals surface area (Å²) in [5, 5.41) is 12.8. The maximum Gasteiger partial charge on any atom is 0.288 e. The monoisotopic (exact) mass is 212 g/mol. The molecule has 1 unspecified atom stereocenters. The van der Waals surface area contributed by atoms with E-state index in [1.165, 1.54) is 11.0 Å². The van der Waals surface area contributed by atoms with Crippen molar-refractivity contribution in [3.05, 3.63) is 12.2 Å². The first-order valence-electron chi connectivity index (χ1n) is 4.68. The molecule has 1 aromatic rings. The lowest BCUT2D eigenvalue weighted by molar-refractivity contribution is -0.0284. The van der Waals surface area contributed by atoms with Gasteiger partial charge in [-0.1, -0.05) is 0 Å². The van der Waals surface area contributed by atoms with Crippen molar-refractivity contribution in [2.45, 2.75) is 25.2 Å². The van der Waals surface area contributed by atoms with Crippen molar-refractivity contribution in [2.24, 2.45) is 5.73 Å². The summed E-state index contributed by atoms with van der Waals surface area (Å²) in [6.07, 6.45) is 2.50. The second kappa shape index (κ2) is 3.95. The van der Waals surface area contributed by atoms with Crippen LogP contribution in [0.3, 0.4) is 0 Å². The number of hydrogen-bond donors (Lipinski definition) is 2. The first-order chi connectivity index (χ1) is 7.20. The highest BCUT2D eigenvalue weighted by Crippen LogP contribution is 2.26.